The molecule has 0 fully saturated rings. The van der Waals surface area contributed by atoms with Crippen molar-refractivity contribution >= 4 is 57.7 Å². The summed E-state index contributed by atoms with van der Waals surface area (Å²) in [5.74, 6) is 0.0204. The number of rotatable bonds is 5. The lowest BCUT2D eigenvalue weighted by molar-refractivity contribution is -0.384. The summed E-state index contributed by atoms with van der Waals surface area (Å²) in [6.45, 7) is 1.85. The molecule has 1 aromatic heterocycles. The Bertz CT molecular complexity index is 1400. The van der Waals surface area contributed by atoms with Crippen molar-refractivity contribution in [3.8, 4) is 11.5 Å². The molecule has 0 atom stereocenters. The van der Waals surface area contributed by atoms with Gasteiger partial charge in [-0.3, -0.25) is 14.9 Å². The number of amides is 1. The van der Waals surface area contributed by atoms with Gasteiger partial charge in [-0.15, -0.1) is 0 Å². The predicted molar refractivity (Wildman–Crippen MR) is 125 cm³/mol. The molecule has 0 bridgehead atoms. The molecule has 9 heteroatoms. The summed E-state index contributed by atoms with van der Waals surface area (Å²) in [5.41, 5.74) is 3.59. The number of halogens is 2. The molecule has 0 saturated carbocycles. The van der Waals surface area contributed by atoms with Gasteiger partial charge in [0.15, 0.2) is 5.58 Å². The number of benzene rings is 3. The number of nitrogens with zero attached hydrogens (tertiary/aromatic N) is 2. The van der Waals surface area contributed by atoms with Crippen LogP contribution in [0.25, 0.3) is 28.6 Å². The number of nitrogens with one attached hydrogen (secondary N) is 1. The molecule has 0 saturated heterocycles. The van der Waals surface area contributed by atoms with Crippen LogP contribution in [0.4, 0.5) is 11.4 Å². The van der Waals surface area contributed by atoms with E-state index in [9.17, 15) is 14.9 Å². The van der Waals surface area contributed by atoms with E-state index in [1.54, 1.807) is 36.4 Å². The lowest BCUT2D eigenvalue weighted by Gasteiger charge is -2.09. The minimum atomic E-state index is -0.575. The molecule has 1 N–H and O–H groups in total. The minimum absolute atomic E-state index is 0.0329. The first-order valence-corrected chi connectivity index (χ1v) is 10.2. The maximum Gasteiger partial charge on any atom is 0.288 e. The minimum Gasteiger partial charge on any atom is -0.436 e. The Morgan fingerprint density at radius 1 is 1.16 bits per heavy atom. The van der Waals surface area contributed by atoms with Crippen molar-refractivity contribution in [3.05, 3.63) is 92.0 Å². The van der Waals surface area contributed by atoms with E-state index < -0.39 is 10.8 Å². The number of aromatic nitrogens is 1. The van der Waals surface area contributed by atoms with Crippen molar-refractivity contribution in [2.24, 2.45) is 0 Å². The molecule has 0 radical (unpaired) electrons. The van der Waals surface area contributed by atoms with Gasteiger partial charge >= 0.3 is 0 Å². The Hall–Kier alpha value is -3.68. The smallest absolute Gasteiger partial charge is 0.288 e. The van der Waals surface area contributed by atoms with Gasteiger partial charge in [0.05, 0.1) is 4.92 Å². The van der Waals surface area contributed by atoms with Crippen LogP contribution in [0.5, 0.6) is 0 Å². The highest BCUT2D eigenvalue weighted by Crippen LogP contribution is 2.31. The normalized spacial score (nSPS) is 11.2. The van der Waals surface area contributed by atoms with Crippen LogP contribution in [0, 0.1) is 17.0 Å². The largest absolute Gasteiger partial charge is 0.436 e. The van der Waals surface area contributed by atoms with E-state index in [2.05, 4.69) is 10.3 Å². The first-order chi connectivity index (χ1) is 15.3. The van der Waals surface area contributed by atoms with Gasteiger partial charge in [0.2, 0.25) is 11.8 Å². The lowest BCUT2D eigenvalue weighted by atomic mass is 10.1. The van der Waals surface area contributed by atoms with E-state index in [4.69, 9.17) is 27.6 Å². The molecule has 32 heavy (non-hydrogen) atoms. The number of oxazole rings is 1. The van der Waals surface area contributed by atoms with Gasteiger partial charge in [0.1, 0.15) is 10.5 Å². The number of nitro groups is 1. The van der Waals surface area contributed by atoms with Crippen LogP contribution in [0.15, 0.2) is 65.1 Å². The SMILES string of the molecule is Cc1c(NC(=O)/C=C/c2ccc(Cl)c([N+](=O)[O-])c2)cccc1-c1nc2cc(Cl)ccc2o1. The maximum atomic E-state index is 12.4. The molecular weight excluding hydrogens is 453 g/mol. The molecule has 160 valence electrons. The van der Waals surface area contributed by atoms with E-state index >= 15 is 0 Å². The molecule has 0 aliphatic rings. The molecular formula is C23H15Cl2N3O4. The molecule has 0 aliphatic heterocycles. The zero-order valence-electron chi connectivity index (χ0n) is 16.6. The predicted octanol–water partition coefficient (Wildman–Crippen LogP) is 6.67. The fraction of sp³-hybridized carbons (Fsp3) is 0.0435. The lowest BCUT2D eigenvalue weighted by Crippen LogP contribution is -2.09. The molecule has 0 aliphatic carbocycles. The summed E-state index contributed by atoms with van der Waals surface area (Å²) in [4.78, 5) is 27.4. The Kier molecular flexibility index (Phi) is 5.94. The zero-order valence-corrected chi connectivity index (χ0v) is 18.1. The van der Waals surface area contributed by atoms with Gasteiger partial charge in [-0.05, 0) is 60.5 Å². The van der Waals surface area contributed by atoms with E-state index in [-0.39, 0.29) is 10.7 Å². The van der Waals surface area contributed by atoms with Gasteiger partial charge in [-0.2, -0.15) is 0 Å². The Labute approximate surface area is 192 Å². The van der Waals surface area contributed by atoms with Crippen LogP contribution in [-0.4, -0.2) is 15.8 Å². The summed E-state index contributed by atoms with van der Waals surface area (Å²) in [7, 11) is 0. The van der Waals surface area contributed by atoms with Crippen molar-refractivity contribution in [1.29, 1.82) is 0 Å². The van der Waals surface area contributed by atoms with Gasteiger partial charge in [0.25, 0.3) is 5.69 Å². The van der Waals surface area contributed by atoms with Crippen LogP contribution in [0.2, 0.25) is 10.0 Å². The van der Waals surface area contributed by atoms with Crippen molar-refractivity contribution in [3.63, 3.8) is 0 Å². The fourth-order valence-corrected chi connectivity index (χ4v) is 3.49. The summed E-state index contributed by atoms with van der Waals surface area (Å²) >= 11 is 11.8. The second kappa shape index (κ2) is 8.82. The highest BCUT2D eigenvalue weighted by atomic mass is 35.5. The van der Waals surface area contributed by atoms with Crippen molar-refractivity contribution < 1.29 is 14.1 Å². The van der Waals surface area contributed by atoms with E-state index in [1.807, 2.05) is 13.0 Å². The molecule has 7 nitrogen and oxygen atoms in total. The molecule has 1 heterocycles. The third kappa shape index (κ3) is 4.49. The molecule has 4 rings (SSSR count). The number of nitro benzene ring substituents is 1. The van der Waals surface area contributed by atoms with Crippen LogP contribution >= 0.6 is 23.2 Å². The summed E-state index contributed by atoms with van der Waals surface area (Å²) < 4.78 is 5.83. The summed E-state index contributed by atoms with van der Waals surface area (Å²) in [6, 6.07) is 14.9. The Morgan fingerprint density at radius 3 is 2.75 bits per heavy atom. The first kappa shape index (κ1) is 21.5. The number of carbonyl (C=O) groups is 1. The van der Waals surface area contributed by atoms with Gasteiger partial charge in [-0.1, -0.05) is 35.3 Å². The monoisotopic (exact) mass is 467 g/mol. The van der Waals surface area contributed by atoms with Crippen molar-refractivity contribution in [2.75, 3.05) is 5.32 Å². The summed E-state index contributed by atoms with van der Waals surface area (Å²) in [6.07, 6.45) is 2.77. The number of hydrogen-bond acceptors (Lipinski definition) is 5. The summed E-state index contributed by atoms with van der Waals surface area (Å²) in [5, 5.41) is 14.4. The third-order valence-electron chi connectivity index (χ3n) is 4.77. The van der Waals surface area contributed by atoms with Crippen molar-refractivity contribution in [1.82, 2.24) is 4.98 Å². The number of fused-ring (bicyclic) bond motifs is 1. The van der Waals surface area contributed by atoms with Crippen molar-refractivity contribution in [2.45, 2.75) is 6.92 Å². The third-order valence-corrected chi connectivity index (χ3v) is 5.32. The van der Waals surface area contributed by atoms with E-state index in [0.717, 1.165) is 11.1 Å². The van der Waals surface area contributed by atoms with Crippen LogP contribution < -0.4 is 5.32 Å². The average Bonchev–Trinajstić information content (AvgIpc) is 3.17. The van der Waals surface area contributed by atoms with Gasteiger partial charge in [0, 0.05) is 28.4 Å². The number of hydrogen-bond donors (Lipinski definition) is 1. The zero-order chi connectivity index (χ0) is 22.8. The van der Waals surface area contributed by atoms with Gasteiger partial charge in [-0.25, -0.2) is 4.98 Å². The number of anilines is 1. The highest BCUT2D eigenvalue weighted by molar-refractivity contribution is 6.32. The molecule has 3 aromatic carbocycles. The maximum absolute atomic E-state index is 12.4. The van der Waals surface area contributed by atoms with Crippen LogP contribution in [0.3, 0.4) is 0 Å². The Balaban J connectivity index is 1.56. The molecule has 4 aromatic rings. The second-order valence-electron chi connectivity index (χ2n) is 6.90. The van der Waals surface area contributed by atoms with E-state index in [0.29, 0.717) is 33.3 Å². The quantitative estimate of drug-likeness (QED) is 0.200. The number of carbonyl (C=O) groups excluding carboxylic acids is 1. The molecule has 1 amide bonds. The first-order valence-electron chi connectivity index (χ1n) is 9.41. The van der Waals surface area contributed by atoms with Crippen LogP contribution in [-0.2, 0) is 4.79 Å². The highest BCUT2D eigenvalue weighted by Gasteiger charge is 2.14. The van der Waals surface area contributed by atoms with Crippen LogP contribution in [0.1, 0.15) is 11.1 Å². The van der Waals surface area contributed by atoms with Gasteiger partial charge < -0.3 is 9.73 Å². The fourth-order valence-electron chi connectivity index (χ4n) is 3.14. The topological polar surface area (TPSA) is 98.3 Å². The molecule has 0 unspecified atom stereocenters. The standard InChI is InChI=1S/C23H15Cl2N3O4/c1-13-16(23-27-19-12-15(24)7-9-21(19)32-23)3-2-4-18(13)26-22(29)10-6-14-5-8-17(25)20(11-14)28(30)31/h2-12H,1H3,(H,26,29)/b10-6+. The second-order valence-corrected chi connectivity index (χ2v) is 7.74. The van der Waals surface area contributed by atoms with E-state index in [1.165, 1.54) is 24.3 Å². The average molecular weight is 468 g/mol. The Morgan fingerprint density at radius 2 is 1.97 bits per heavy atom. The molecule has 0 spiro atoms.